The lowest BCUT2D eigenvalue weighted by Gasteiger charge is -2.10. The van der Waals surface area contributed by atoms with Crippen molar-refractivity contribution in [1.82, 2.24) is 10.9 Å². The summed E-state index contributed by atoms with van der Waals surface area (Å²) in [5.74, 6) is -0.198. The fourth-order valence-corrected chi connectivity index (χ4v) is 1.18. The molecule has 1 atom stereocenters. The molecule has 0 aliphatic rings. The lowest BCUT2D eigenvalue weighted by atomic mass is 10.1. The van der Waals surface area contributed by atoms with Crippen molar-refractivity contribution in [2.75, 3.05) is 7.05 Å². The summed E-state index contributed by atoms with van der Waals surface area (Å²) in [6.07, 6.45) is 0.550. The highest BCUT2D eigenvalue weighted by Gasteiger charge is 2.12. The number of carbonyl (C=O) groups excluding carboxylic acids is 1. The molecule has 76 valence electrons. The van der Waals surface area contributed by atoms with E-state index in [2.05, 4.69) is 10.9 Å². The van der Waals surface area contributed by atoms with E-state index in [-0.39, 0.29) is 5.91 Å². The van der Waals surface area contributed by atoms with Crippen LogP contribution in [0.5, 0.6) is 0 Å². The molecule has 0 saturated heterocycles. The van der Waals surface area contributed by atoms with Crippen molar-refractivity contribution in [3.8, 4) is 0 Å². The molecule has 0 radical (unpaired) electrons. The van der Waals surface area contributed by atoms with Crippen LogP contribution in [0.2, 0.25) is 0 Å². The van der Waals surface area contributed by atoms with Crippen molar-refractivity contribution in [3.63, 3.8) is 0 Å². The standard InChI is InChI=1S/C10H15N3O/c1-12-13-10(14)9(11)7-8-5-3-2-4-6-8/h2-6,9,12H,7,11H2,1H3,(H,13,14). The maximum atomic E-state index is 11.2. The number of benzene rings is 1. The number of rotatable bonds is 4. The van der Waals surface area contributed by atoms with Crippen LogP contribution < -0.4 is 16.6 Å². The van der Waals surface area contributed by atoms with Crippen LogP contribution in [-0.4, -0.2) is 19.0 Å². The van der Waals surface area contributed by atoms with Crippen molar-refractivity contribution in [3.05, 3.63) is 35.9 Å². The highest BCUT2D eigenvalue weighted by molar-refractivity contribution is 5.81. The Bertz CT molecular complexity index is 287. The molecule has 0 heterocycles. The number of amides is 1. The quantitative estimate of drug-likeness (QED) is 0.580. The second-order valence-corrected chi connectivity index (χ2v) is 3.04. The Balaban J connectivity index is 2.49. The van der Waals surface area contributed by atoms with Crippen LogP contribution in [-0.2, 0) is 11.2 Å². The minimum Gasteiger partial charge on any atom is -0.320 e. The van der Waals surface area contributed by atoms with Gasteiger partial charge in [-0.05, 0) is 12.0 Å². The number of hydrazine groups is 1. The molecule has 4 nitrogen and oxygen atoms in total. The zero-order valence-corrected chi connectivity index (χ0v) is 8.16. The molecule has 0 aliphatic carbocycles. The summed E-state index contributed by atoms with van der Waals surface area (Å²) in [5.41, 5.74) is 11.8. The molecule has 1 aromatic rings. The van der Waals surface area contributed by atoms with Gasteiger partial charge in [0.2, 0.25) is 0 Å². The van der Waals surface area contributed by atoms with Crippen LogP contribution in [0.25, 0.3) is 0 Å². The topological polar surface area (TPSA) is 67.1 Å². The zero-order chi connectivity index (χ0) is 10.4. The fraction of sp³-hybridized carbons (Fsp3) is 0.300. The van der Waals surface area contributed by atoms with Gasteiger partial charge in [-0.15, -0.1) is 0 Å². The first-order valence-electron chi connectivity index (χ1n) is 4.50. The van der Waals surface area contributed by atoms with E-state index in [4.69, 9.17) is 5.73 Å². The molecule has 14 heavy (non-hydrogen) atoms. The van der Waals surface area contributed by atoms with Crippen molar-refractivity contribution in [2.45, 2.75) is 12.5 Å². The molecule has 1 aromatic carbocycles. The minimum absolute atomic E-state index is 0.198. The zero-order valence-electron chi connectivity index (χ0n) is 8.16. The molecule has 1 unspecified atom stereocenters. The number of nitrogens with one attached hydrogen (secondary N) is 2. The van der Waals surface area contributed by atoms with E-state index in [1.54, 1.807) is 7.05 Å². The Morgan fingerprint density at radius 2 is 2.07 bits per heavy atom. The predicted octanol–water partition coefficient (Wildman–Crippen LogP) is -0.193. The van der Waals surface area contributed by atoms with Gasteiger partial charge in [0.15, 0.2) is 0 Å². The van der Waals surface area contributed by atoms with Gasteiger partial charge in [0.25, 0.3) is 5.91 Å². The lowest BCUT2D eigenvalue weighted by molar-refractivity contribution is -0.123. The first-order valence-corrected chi connectivity index (χ1v) is 4.50. The van der Waals surface area contributed by atoms with Crippen LogP contribution in [0.15, 0.2) is 30.3 Å². The molecule has 0 fully saturated rings. The third-order valence-electron chi connectivity index (χ3n) is 1.88. The summed E-state index contributed by atoms with van der Waals surface area (Å²) in [5, 5.41) is 0. The fourth-order valence-electron chi connectivity index (χ4n) is 1.18. The van der Waals surface area contributed by atoms with Gasteiger partial charge in [-0.2, -0.15) is 0 Å². The van der Waals surface area contributed by atoms with Gasteiger partial charge in [0.05, 0.1) is 6.04 Å². The highest BCUT2D eigenvalue weighted by Crippen LogP contribution is 2.01. The van der Waals surface area contributed by atoms with Crippen molar-refractivity contribution in [1.29, 1.82) is 0 Å². The second kappa shape index (κ2) is 5.36. The van der Waals surface area contributed by atoms with Crippen LogP contribution in [0.1, 0.15) is 5.56 Å². The Morgan fingerprint density at radius 1 is 1.43 bits per heavy atom. The Kier molecular flexibility index (Phi) is 4.10. The van der Waals surface area contributed by atoms with Crippen molar-refractivity contribution < 1.29 is 4.79 Å². The summed E-state index contributed by atoms with van der Waals surface area (Å²) in [7, 11) is 1.63. The average molecular weight is 193 g/mol. The number of hydrogen-bond acceptors (Lipinski definition) is 3. The monoisotopic (exact) mass is 193 g/mol. The smallest absolute Gasteiger partial charge is 0.251 e. The molecule has 0 bridgehead atoms. The molecular formula is C10H15N3O. The summed E-state index contributed by atoms with van der Waals surface area (Å²) in [6, 6.07) is 9.18. The molecular weight excluding hydrogens is 178 g/mol. The second-order valence-electron chi connectivity index (χ2n) is 3.04. The Morgan fingerprint density at radius 3 is 2.64 bits per heavy atom. The summed E-state index contributed by atoms with van der Waals surface area (Å²) < 4.78 is 0. The van der Waals surface area contributed by atoms with Crippen LogP contribution >= 0.6 is 0 Å². The van der Waals surface area contributed by atoms with Gasteiger partial charge in [0.1, 0.15) is 0 Å². The van der Waals surface area contributed by atoms with Gasteiger partial charge in [-0.25, -0.2) is 5.43 Å². The van der Waals surface area contributed by atoms with Gasteiger partial charge in [-0.1, -0.05) is 30.3 Å². The van der Waals surface area contributed by atoms with E-state index in [1.807, 2.05) is 30.3 Å². The summed E-state index contributed by atoms with van der Waals surface area (Å²) in [4.78, 5) is 11.2. The Hall–Kier alpha value is -1.39. The van der Waals surface area contributed by atoms with E-state index in [0.717, 1.165) is 5.56 Å². The third-order valence-corrected chi connectivity index (χ3v) is 1.88. The van der Waals surface area contributed by atoms with E-state index in [1.165, 1.54) is 0 Å². The molecule has 0 aliphatic heterocycles. The van der Waals surface area contributed by atoms with E-state index in [0.29, 0.717) is 6.42 Å². The minimum atomic E-state index is -0.509. The molecule has 0 saturated carbocycles. The SMILES string of the molecule is CNNC(=O)C(N)Cc1ccccc1. The first-order chi connectivity index (χ1) is 6.74. The average Bonchev–Trinajstić information content (AvgIpc) is 2.19. The summed E-state index contributed by atoms with van der Waals surface area (Å²) >= 11 is 0. The number of carbonyl (C=O) groups is 1. The lowest BCUT2D eigenvalue weighted by Crippen LogP contribution is -2.46. The van der Waals surface area contributed by atoms with Gasteiger partial charge in [0, 0.05) is 7.05 Å². The first kappa shape index (κ1) is 10.7. The predicted molar refractivity (Wildman–Crippen MR) is 55.3 cm³/mol. The normalized spacial score (nSPS) is 12.1. The highest BCUT2D eigenvalue weighted by atomic mass is 16.2. The maximum Gasteiger partial charge on any atom is 0.251 e. The number of nitrogens with two attached hydrogens (primary N) is 1. The largest absolute Gasteiger partial charge is 0.320 e. The van der Waals surface area contributed by atoms with E-state index >= 15 is 0 Å². The Labute approximate surface area is 83.5 Å². The van der Waals surface area contributed by atoms with Gasteiger partial charge >= 0.3 is 0 Å². The molecule has 4 N–H and O–H groups in total. The molecule has 1 rings (SSSR count). The van der Waals surface area contributed by atoms with Crippen LogP contribution in [0, 0.1) is 0 Å². The van der Waals surface area contributed by atoms with Gasteiger partial charge < -0.3 is 5.73 Å². The molecule has 4 heteroatoms. The van der Waals surface area contributed by atoms with Crippen molar-refractivity contribution >= 4 is 5.91 Å². The summed E-state index contributed by atoms with van der Waals surface area (Å²) in [6.45, 7) is 0. The van der Waals surface area contributed by atoms with Crippen LogP contribution in [0.3, 0.4) is 0 Å². The van der Waals surface area contributed by atoms with E-state index < -0.39 is 6.04 Å². The molecule has 1 amide bonds. The van der Waals surface area contributed by atoms with E-state index in [9.17, 15) is 4.79 Å². The maximum absolute atomic E-state index is 11.2. The third kappa shape index (κ3) is 3.16. The van der Waals surface area contributed by atoms with Crippen molar-refractivity contribution in [2.24, 2.45) is 5.73 Å². The number of hydrogen-bond donors (Lipinski definition) is 3. The van der Waals surface area contributed by atoms with Gasteiger partial charge in [-0.3, -0.25) is 10.2 Å². The molecule has 0 spiro atoms. The molecule has 0 aromatic heterocycles. The van der Waals surface area contributed by atoms with Crippen LogP contribution in [0.4, 0.5) is 0 Å².